The van der Waals surface area contributed by atoms with Gasteiger partial charge in [0.25, 0.3) is 0 Å². The summed E-state index contributed by atoms with van der Waals surface area (Å²) in [7, 11) is -4.35. The van der Waals surface area contributed by atoms with Gasteiger partial charge >= 0.3 is 12.6 Å². The summed E-state index contributed by atoms with van der Waals surface area (Å²) in [5, 5.41) is 8.31. The molecule has 2 fully saturated rings. The number of carbonyl (C=O) groups excluding carboxylic acids is 1. The van der Waals surface area contributed by atoms with Gasteiger partial charge in [-0.2, -0.15) is 18.3 Å². The number of alkyl halides is 2. The number of sulfonamides is 1. The van der Waals surface area contributed by atoms with Crippen LogP contribution in [0.15, 0.2) is 53.7 Å². The molecule has 10 nitrogen and oxygen atoms in total. The van der Waals surface area contributed by atoms with Crippen LogP contribution in [-0.2, 0) is 26.0 Å². The van der Waals surface area contributed by atoms with Crippen LogP contribution in [0.5, 0.6) is 11.5 Å². The van der Waals surface area contributed by atoms with Crippen LogP contribution in [0.1, 0.15) is 35.6 Å². The maximum absolute atomic E-state index is 13.9. The summed E-state index contributed by atoms with van der Waals surface area (Å²) in [5.41, 5.74) is 0.266. The fourth-order valence-corrected chi connectivity index (χ4v) is 8.18. The molecular formula is C29H26Cl2F3N3O7S2. The summed E-state index contributed by atoms with van der Waals surface area (Å²) in [6, 6.07) is 8.52. The number of aromatic amines is 1. The van der Waals surface area contributed by atoms with Gasteiger partial charge in [-0.1, -0.05) is 29.3 Å². The fraction of sp³-hybridized carbons (Fsp3) is 0.345. The maximum Gasteiger partial charge on any atom is 0.387 e. The van der Waals surface area contributed by atoms with Crippen molar-refractivity contribution in [3.8, 4) is 17.6 Å². The van der Waals surface area contributed by atoms with Gasteiger partial charge in [-0.15, -0.1) is 11.8 Å². The molecule has 1 saturated carbocycles. The van der Waals surface area contributed by atoms with Gasteiger partial charge in [0, 0.05) is 24.3 Å². The number of pyridine rings is 1. The Balaban J connectivity index is 0.00000480. The lowest BCUT2D eigenvalue weighted by Crippen LogP contribution is -2.40. The minimum Gasteiger partial charge on any atom is -0.870 e. The Labute approximate surface area is 276 Å². The van der Waals surface area contributed by atoms with E-state index in [-0.39, 0.29) is 63.2 Å². The second-order valence-electron chi connectivity index (χ2n) is 10.2. The number of benzene rings is 2. The lowest BCUT2D eigenvalue weighted by atomic mass is 10.0. The Kier molecular flexibility index (Phi) is 11.7. The number of ether oxygens (including phenoxy) is 3. The van der Waals surface area contributed by atoms with E-state index in [0.717, 1.165) is 47.1 Å². The Morgan fingerprint density at radius 2 is 1.85 bits per heavy atom. The van der Waals surface area contributed by atoms with Gasteiger partial charge in [0.1, 0.15) is 28.0 Å². The number of nitrogens with one attached hydrogen (secondary N) is 1. The second-order valence-corrected chi connectivity index (χ2v) is 14.1. The van der Waals surface area contributed by atoms with E-state index in [4.69, 9.17) is 32.7 Å². The zero-order valence-corrected chi connectivity index (χ0v) is 26.8. The number of aromatic nitrogens is 1. The first kappa shape index (κ1) is 35.6. The standard InChI is InChI=1S/C29H24Cl2F3N3O6S2.H2O/c30-21-13-36-14-22(31)20(21)11-25(17-3-6-24(43-29(33)34)26(10-17)41-15-16-1-2-16)42-28(38)27-37(7-8-44-27)45(39,40)19-4-5-23(32)18(9-19)12-35;/h3-6,9-10,13-14,16,25,27,29H,1-2,7-8,11,15H2;1H2/t25-,27-;/m0./s1. The normalized spacial score (nSPS) is 17.2. The number of hydrogen-bond acceptors (Lipinski definition) is 9. The number of rotatable bonds is 12. The molecule has 46 heavy (non-hydrogen) atoms. The molecule has 5 rings (SSSR count). The average molecular weight is 721 g/mol. The number of thioether (sulfide) groups is 1. The summed E-state index contributed by atoms with van der Waals surface area (Å²) in [6.45, 7) is -2.88. The highest BCUT2D eigenvalue weighted by Crippen LogP contribution is 2.39. The Morgan fingerprint density at radius 3 is 2.50 bits per heavy atom. The molecule has 0 amide bonds. The van der Waals surface area contributed by atoms with E-state index in [1.807, 2.05) is 0 Å². The highest BCUT2D eigenvalue weighted by molar-refractivity contribution is 8.02. The number of esters is 1. The van der Waals surface area contributed by atoms with E-state index in [1.165, 1.54) is 30.6 Å². The van der Waals surface area contributed by atoms with E-state index in [2.05, 4.69) is 9.72 Å². The van der Waals surface area contributed by atoms with Gasteiger partial charge in [-0.3, -0.25) is 0 Å². The van der Waals surface area contributed by atoms with Crippen molar-refractivity contribution in [3.63, 3.8) is 0 Å². The van der Waals surface area contributed by atoms with Gasteiger partial charge in [-0.25, -0.2) is 22.6 Å². The fourth-order valence-electron chi connectivity index (χ4n) is 4.58. The van der Waals surface area contributed by atoms with E-state index in [0.29, 0.717) is 11.1 Å². The van der Waals surface area contributed by atoms with Gasteiger partial charge in [0.2, 0.25) is 10.0 Å². The van der Waals surface area contributed by atoms with Crippen molar-refractivity contribution in [2.24, 2.45) is 5.92 Å². The Hall–Kier alpha value is -3.26. The van der Waals surface area contributed by atoms with Crippen molar-refractivity contribution in [3.05, 3.63) is 81.3 Å². The lowest BCUT2D eigenvalue weighted by molar-refractivity contribution is -0.377. The molecule has 1 aromatic heterocycles. The van der Waals surface area contributed by atoms with E-state index in [1.54, 1.807) is 6.07 Å². The van der Waals surface area contributed by atoms with Crippen LogP contribution in [0.4, 0.5) is 13.2 Å². The van der Waals surface area contributed by atoms with E-state index in [9.17, 15) is 31.6 Å². The molecule has 0 radical (unpaired) electrons. The van der Waals surface area contributed by atoms with Gasteiger partial charge in [-0.05, 0) is 54.7 Å². The largest absolute Gasteiger partial charge is 0.870 e. The summed E-state index contributed by atoms with van der Waals surface area (Å²) >= 11 is 13.8. The van der Waals surface area contributed by atoms with Crippen LogP contribution < -0.4 is 14.5 Å². The Bertz CT molecular complexity index is 1720. The number of halogens is 5. The topological polar surface area (TPSA) is 150 Å². The SMILES string of the molecule is N#Cc1cc(S(=O)(=O)N2CCS[C@H]2C(=O)O[C@@H](Cc2c(Cl)c[nH+]cc2Cl)c2ccc(OC(F)F)c(OCC3CC3)c2)ccc1F.[OH-]. The van der Waals surface area contributed by atoms with Crippen LogP contribution in [-0.4, -0.2) is 55.1 Å². The number of carbonyl (C=O) groups is 1. The minimum absolute atomic E-state index is 0. The molecule has 2 aromatic carbocycles. The molecule has 17 heteroatoms. The monoisotopic (exact) mass is 719 g/mol. The van der Waals surface area contributed by atoms with Crippen molar-refractivity contribution >= 4 is 51.0 Å². The molecule has 2 atom stereocenters. The molecule has 1 aliphatic heterocycles. The maximum atomic E-state index is 13.9. The third-order valence-electron chi connectivity index (χ3n) is 7.09. The van der Waals surface area contributed by atoms with Crippen molar-refractivity contribution in [2.45, 2.75) is 42.2 Å². The zero-order chi connectivity index (χ0) is 32.3. The molecule has 1 saturated heterocycles. The number of hydrogen-bond donors (Lipinski definition) is 0. The lowest BCUT2D eigenvalue weighted by Gasteiger charge is -2.26. The predicted molar refractivity (Wildman–Crippen MR) is 160 cm³/mol. The molecule has 2 N–H and O–H groups in total. The highest BCUT2D eigenvalue weighted by atomic mass is 35.5. The van der Waals surface area contributed by atoms with Crippen LogP contribution in [0.25, 0.3) is 0 Å². The van der Waals surface area contributed by atoms with Crippen molar-refractivity contribution in [1.29, 1.82) is 5.26 Å². The first-order valence-corrected chi connectivity index (χ1v) is 16.8. The highest BCUT2D eigenvalue weighted by Gasteiger charge is 2.42. The molecule has 1 aliphatic carbocycles. The summed E-state index contributed by atoms with van der Waals surface area (Å²) in [6.07, 6.45) is 3.65. The smallest absolute Gasteiger partial charge is 0.387 e. The molecular weight excluding hydrogens is 694 g/mol. The first-order chi connectivity index (χ1) is 21.5. The summed E-state index contributed by atoms with van der Waals surface area (Å²) in [4.78, 5) is 16.1. The Morgan fingerprint density at radius 1 is 1.13 bits per heavy atom. The van der Waals surface area contributed by atoms with Crippen LogP contribution in [0.3, 0.4) is 0 Å². The van der Waals surface area contributed by atoms with Crippen molar-refractivity contribution in [2.75, 3.05) is 18.9 Å². The molecule has 2 heterocycles. The molecule has 246 valence electrons. The molecule has 0 bridgehead atoms. The summed E-state index contributed by atoms with van der Waals surface area (Å²) in [5.74, 6) is -1.45. The number of nitriles is 1. The van der Waals surface area contributed by atoms with Gasteiger partial charge in [0.15, 0.2) is 29.3 Å². The van der Waals surface area contributed by atoms with Crippen LogP contribution in [0, 0.1) is 23.1 Å². The van der Waals surface area contributed by atoms with Crippen molar-refractivity contribution < 1.29 is 51.1 Å². The number of nitrogens with zero attached hydrogens (tertiary/aromatic N) is 2. The predicted octanol–water partition coefficient (Wildman–Crippen LogP) is 5.62. The van der Waals surface area contributed by atoms with Crippen LogP contribution >= 0.6 is 35.0 Å². The first-order valence-electron chi connectivity index (χ1n) is 13.6. The summed E-state index contributed by atoms with van der Waals surface area (Å²) < 4.78 is 84.5. The molecule has 0 spiro atoms. The van der Waals surface area contributed by atoms with E-state index >= 15 is 0 Å². The average Bonchev–Trinajstić information content (AvgIpc) is 3.69. The van der Waals surface area contributed by atoms with Gasteiger partial charge < -0.3 is 19.7 Å². The number of H-pyrrole nitrogens is 1. The van der Waals surface area contributed by atoms with E-state index < -0.39 is 45.5 Å². The van der Waals surface area contributed by atoms with Crippen LogP contribution in [0.2, 0.25) is 10.0 Å². The quantitative estimate of drug-likeness (QED) is 0.217. The minimum atomic E-state index is -4.35. The second kappa shape index (κ2) is 15.1. The molecule has 3 aromatic rings. The van der Waals surface area contributed by atoms with Gasteiger partial charge in [0.05, 0.1) is 17.1 Å². The van der Waals surface area contributed by atoms with Crippen molar-refractivity contribution in [1.82, 2.24) is 4.31 Å². The zero-order valence-electron chi connectivity index (χ0n) is 23.7. The third kappa shape index (κ3) is 8.17. The molecule has 2 aliphatic rings. The molecule has 0 unspecified atom stereocenters. The third-order valence-corrected chi connectivity index (χ3v) is 10.9.